The van der Waals surface area contributed by atoms with E-state index in [0.717, 1.165) is 0 Å². The predicted molar refractivity (Wildman–Crippen MR) is 33.7 cm³/mol. The fraction of sp³-hybridized carbons (Fsp3) is 0.600. The van der Waals surface area contributed by atoms with Crippen LogP contribution in [0.25, 0.3) is 0 Å². The van der Waals surface area contributed by atoms with Crippen molar-refractivity contribution in [3.8, 4) is 0 Å². The van der Waals surface area contributed by atoms with Crippen LogP contribution in [-0.2, 0) is 9.59 Å². The second kappa shape index (κ2) is 2.85. The topological polar surface area (TPSA) is 98.7 Å². The van der Waals surface area contributed by atoms with Gasteiger partial charge in [-0.1, -0.05) is 0 Å². The fourth-order valence-corrected chi connectivity index (χ4v) is 0.880. The molecule has 0 aromatic rings. The highest BCUT2D eigenvalue weighted by Crippen LogP contribution is 2.04. The minimum Gasteiger partial charge on any atom is -0.480 e. The molecule has 1 aliphatic rings. The van der Waals surface area contributed by atoms with E-state index in [1.54, 1.807) is 0 Å². The number of carboxylic acid groups (broad SMARTS) is 2. The van der Waals surface area contributed by atoms with Gasteiger partial charge in [-0.05, 0) is 0 Å². The van der Waals surface area contributed by atoms with Crippen LogP contribution >= 0.6 is 0 Å². The van der Waals surface area contributed by atoms with Gasteiger partial charge in [0.05, 0.1) is 0 Å². The highest BCUT2D eigenvalue weighted by atomic mass is 16.4. The van der Waals surface area contributed by atoms with E-state index >= 15 is 0 Å². The summed E-state index contributed by atoms with van der Waals surface area (Å²) in [7, 11) is 0. The molecule has 11 heavy (non-hydrogen) atoms. The first-order valence-electron chi connectivity index (χ1n) is 3.08. The third kappa shape index (κ3) is 1.66. The highest BCUT2D eigenvalue weighted by molar-refractivity contribution is 5.79. The molecule has 1 aliphatic heterocycles. The monoisotopic (exact) mass is 160 g/mol. The molecular formula is C5H8N2O4. The van der Waals surface area contributed by atoms with Gasteiger partial charge in [0, 0.05) is 6.42 Å². The fourth-order valence-electron chi connectivity index (χ4n) is 0.880. The SMILES string of the molecule is O=C(O)[C@@H]1C[C@H](C(=O)O)NN1. The lowest BCUT2D eigenvalue weighted by Crippen LogP contribution is -2.39. The second-order valence-corrected chi connectivity index (χ2v) is 2.31. The Morgan fingerprint density at radius 1 is 1.09 bits per heavy atom. The molecule has 1 fully saturated rings. The Labute approximate surface area is 62.2 Å². The maximum Gasteiger partial charge on any atom is 0.322 e. The zero-order chi connectivity index (χ0) is 8.43. The van der Waals surface area contributed by atoms with Crippen LogP contribution in [0.3, 0.4) is 0 Å². The van der Waals surface area contributed by atoms with Crippen LogP contribution in [0.5, 0.6) is 0 Å². The molecule has 6 heteroatoms. The molecule has 2 atom stereocenters. The Kier molecular flexibility index (Phi) is 2.06. The van der Waals surface area contributed by atoms with Crippen LogP contribution in [-0.4, -0.2) is 34.2 Å². The van der Waals surface area contributed by atoms with Crippen molar-refractivity contribution in [2.24, 2.45) is 0 Å². The first-order chi connectivity index (χ1) is 5.11. The van der Waals surface area contributed by atoms with Gasteiger partial charge in [-0.25, -0.2) is 10.9 Å². The molecule has 0 spiro atoms. The van der Waals surface area contributed by atoms with E-state index in [1.165, 1.54) is 0 Å². The molecule has 62 valence electrons. The summed E-state index contributed by atoms with van der Waals surface area (Å²) in [5, 5.41) is 16.8. The smallest absolute Gasteiger partial charge is 0.322 e. The molecule has 0 aromatic heterocycles. The lowest BCUT2D eigenvalue weighted by atomic mass is 10.1. The van der Waals surface area contributed by atoms with Crippen molar-refractivity contribution < 1.29 is 19.8 Å². The van der Waals surface area contributed by atoms with Crippen LogP contribution in [0.4, 0.5) is 0 Å². The zero-order valence-corrected chi connectivity index (χ0v) is 5.57. The van der Waals surface area contributed by atoms with Gasteiger partial charge in [0.1, 0.15) is 12.1 Å². The maximum atomic E-state index is 10.3. The van der Waals surface area contributed by atoms with Crippen LogP contribution in [0.1, 0.15) is 6.42 Å². The molecule has 6 nitrogen and oxygen atoms in total. The van der Waals surface area contributed by atoms with E-state index in [9.17, 15) is 9.59 Å². The summed E-state index contributed by atoms with van der Waals surface area (Å²) in [6.07, 6.45) is 0.0741. The predicted octanol–water partition coefficient (Wildman–Crippen LogP) is -1.61. The summed E-state index contributed by atoms with van der Waals surface area (Å²) < 4.78 is 0. The maximum absolute atomic E-state index is 10.3. The molecule has 0 unspecified atom stereocenters. The molecule has 1 heterocycles. The Morgan fingerprint density at radius 3 is 1.64 bits per heavy atom. The minimum absolute atomic E-state index is 0.0741. The number of hydrogen-bond donors (Lipinski definition) is 4. The van der Waals surface area contributed by atoms with Crippen LogP contribution in [0, 0.1) is 0 Å². The molecule has 0 radical (unpaired) electrons. The van der Waals surface area contributed by atoms with E-state index in [0.29, 0.717) is 0 Å². The number of carboxylic acids is 2. The van der Waals surface area contributed by atoms with Crippen molar-refractivity contribution in [1.82, 2.24) is 10.9 Å². The number of nitrogens with one attached hydrogen (secondary N) is 2. The molecule has 0 bridgehead atoms. The zero-order valence-electron chi connectivity index (χ0n) is 5.57. The Bertz CT molecular complexity index is 173. The van der Waals surface area contributed by atoms with Crippen LogP contribution in [0.2, 0.25) is 0 Å². The summed E-state index contributed by atoms with van der Waals surface area (Å²) >= 11 is 0. The quantitative estimate of drug-likeness (QED) is 0.388. The molecule has 4 N–H and O–H groups in total. The first-order valence-corrected chi connectivity index (χ1v) is 3.08. The van der Waals surface area contributed by atoms with E-state index in [1.807, 2.05) is 0 Å². The Balaban J connectivity index is 2.47. The number of rotatable bonds is 2. The van der Waals surface area contributed by atoms with Gasteiger partial charge in [-0.15, -0.1) is 0 Å². The summed E-state index contributed by atoms with van der Waals surface area (Å²) in [6.45, 7) is 0. The number of hydrogen-bond acceptors (Lipinski definition) is 4. The summed E-state index contributed by atoms with van der Waals surface area (Å²) in [5.74, 6) is -2.08. The molecular weight excluding hydrogens is 152 g/mol. The third-order valence-corrected chi connectivity index (χ3v) is 1.50. The van der Waals surface area contributed by atoms with Crippen molar-refractivity contribution in [1.29, 1.82) is 0 Å². The number of carbonyl (C=O) groups is 2. The minimum atomic E-state index is -1.04. The normalized spacial score (nSPS) is 30.2. The first kappa shape index (κ1) is 7.96. The van der Waals surface area contributed by atoms with E-state index in [4.69, 9.17) is 10.2 Å². The number of aliphatic carboxylic acids is 2. The summed E-state index contributed by atoms with van der Waals surface area (Å²) in [5.41, 5.74) is 4.71. The van der Waals surface area contributed by atoms with Gasteiger partial charge in [-0.3, -0.25) is 9.59 Å². The molecule has 0 aromatic carbocycles. The molecule has 0 aliphatic carbocycles. The van der Waals surface area contributed by atoms with Gasteiger partial charge in [0.25, 0.3) is 0 Å². The summed E-state index contributed by atoms with van der Waals surface area (Å²) in [4.78, 5) is 20.5. The van der Waals surface area contributed by atoms with Gasteiger partial charge >= 0.3 is 11.9 Å². The van der Waals surface area contributed by atoms with Crippen molar-refractivity contribution in [3.05, 3.63) is 0 Å². The lowest BCUT2D eigenvalue weighted by Gasteiger charge is -1.99. The van der Waals surface area contributed by atoms with Crippen molar-refractivity contribution in [2.75, 3.05) is 0 Å². The molecule has 1 saturated heterocycles. The van der Waals surface area contributed by atoms with E-state index in [-0.39, 0.29) is 6.42 Å². The second-order valence-electron chi connectivity index (χ2n) is 2.31. The average Bonchev–Trinajstić information content (AvgIpc) is 2.33. The van der Waals surface area contributed by atoms with Gasteiger partial charge in [-0.2, -0.15) is 0 Å². The van der Waals surface area contributed by atoms with Gasteiger partial charge in [0.2, 0.25) is 0 Å². The lowest BCUT2D eigenvalue weighted by molar-refractivity contribution is -0.139. The Hall–Kier alpha value is -1.14. The molecule has 0 saturated carbocycles. The molecule has 0 amide bonds. The summed E-state index contributed by atoms with van der Waals surface area (Å²) in [6, 6.07) is -1.59. The van der Waals surface area contributed by atoms with Crippen molar-refractivity contribution in [3.63, 3.8) is 0 Å². The van der Waals surface area contributed by atoms with Gasteiger partial charge in [0.15, 0.2) is 0 Å². The van der Waals surface area contributed by atoms with Crippen molar-refractivity contribution in [2.45, 2.75) is 18.5 Å². The van der Waals surface area contributed by atoms with Gasteiger partial charge < -0.3 is 10.2 Å². The van der Waals surface area contributed by atoms with Crippen LogP contribution < -0.4 is 10.9 Å². The largest absolute Gasteiger partial charge is 0.480 e. The number of hydrazine groups is 1. The van der Waals surface area contributed by atoms with Crippen LogP contribution in [0.15, 0.2) is 0 Å². The standard InChI is InChI=1S/C5H8N2O4/c8-4(9)2-1-3(5(10)11)7-6-2/h2-3,6-7H,1H2,(H,8,9)(H,10,11)/t2-,3+. The van der Waals surface area contributed by atoms with Crippen molar-refractivity contribution >= 4 is 11.9 Å². The highest BCUT2D eigenvalue weighted by Gasteiger charge is 2.32. The van der Waals surface area contributed by atoms with E-state index < -0.39 is 24.0 Å². The Morgan fingerprint density at radius 2 is 1.45 bits per heavy atom. The molecule has 1 rings (SSSR count). The van der Waals surface area contributed by atoms with E-state index in [2.05, 4.69) is 10.9 Å². The average molecular weight is 160 g/mol. The third-order valence-electron chi connectivity index (χ3n) is 1.50.